The Morgan fingerprint density at radius 3 is 3.00 bits per heavy atom. The number of ether oxygens (including phenoxy) is 1. The Morgan fingerprint density at radius 1 is 1.31 bits per heavy atom. The van der Waals surface area contributed by atoms with Crippen molar-refractivity contribution in [2.75, 3.05) is 6.61 Å². The Kier molecular flexibility index (Phi) is 1.41. The third-order valence-electron chi connectivity index (χ3n) is 3.34. The van der Waals surface area contributed by atoms with Crippen molar-refractivity contribution in [2.45, 2.75) is 18.4 Å². The van der Waals surface area contributed by atoms with E-state index in [2.05, 4.69) is 18.2 Å². The summed E-state index contributed by atoms with van der Waals surface area (Å²) >= 11 is 0. The van der Waals surface area contributed by atoms with E-state index < -0.39 is 0 Å². The molecule has 3 atom stereocenters. The van der Waals surface area contributed by atoms with Gasteiger partial charge in [0.05, 0.1) is 6.61 Å². The van der Waals surface area contributed by atoms with Crippen LogP contribution in [0.2, 0.25) is 0 Å². The maximum Gasteiger partial charge on any atom is 0.122 e. The first-order valence-corrected chi connectivity index (χ1v) is 4.83. The quantitative estimate of drug-likeness (QED) is 0.648. The predicted molar refractivity (Wildman–Crippen MR) is 50.8 cm³/mol. The van der Waals surface area contributed by atoms with E-state index in [1.165, 1.54) is 5.56 Å². The van der Waals surface area contributed by atoms with Crippen molar-refractivity contribution in [3.63, 3.8) is 0 Å². The Hall–Kier alpha value is -1.02. The highest BCUT2D eigenvalue weighted by Gasteiger charge is 2.43. The zero-order valence-corrected chi connectivity index (χ0v) is 7.44. The monoisotopic (exact) mass is 175 g/mol. The minimum atomic E-state index is 0.360. The lowest BCUT2D eigenvalue weighted by Gasteiger charge is -2.46. The maximum absolute atomic E-state index is 5.91. The average Bonchev–Trinajstić information content (AvgIpc) is 2.16. The van der Waals surface area contributed by atoms with Gasteiger partial charge in [-0.25, -0.2) is 0 Å². The lowest BCUT2D eigenvalue weighted by atomic mass is 9.65. The molecule has 2 aliphatic rings. The van der Waals surface area contributed by atoms with Gasteiger partial charge in [-0.15, -0.1) is 0 Å². The lowest BCUT2D eigenvalue weighted by Crippen LogP contribution is -2.50. The summed E-state index contributed by atoms with van der Waals surface area (Å²) in [6.07, 6.45) is 1.13. The summed E-state index contributed by atoms with van der Waals surface area (Å²) < 4.78 is 5.65. The van der Waals surface area contributed by atoms with Crippen molar-refractivity contribution < 1.29 is 4.74 Å². The average molecular weight is 175 g/mol. The van der Waals surface area contributed by atoms with Gasteiger partial charge < -0.3 is 10.5 Å². The molecule has 1 aliphatic carbocycles. The van der Waals surface area contributed by atoms with E-state index in [1.807, 2.05) is 6.07 Å². The number of rotatable bonds is 0. The molecular weight excluding hydrogens is 162 g/mol. The summed E-state index contributed by atoms with van der Waals surface area (Å²) in [5.41, 5.74) is 7.27. The van der Waals surface area contributed by atoms with E-state index in [4.69, 9.17) is 10.5 Å². The number of hydrogen-bond acceptors (Lipinski definition) is 2. The fraction of sp³-hybridized carbons (Fsp3) is 0.455. The van der Waals surface area contributed by atoms with Crippen LogP contribution in [0.25, 0.3) is 0 Å². The molecule has 0 bridgehead atoms. The van der Waals surface area contributed by atoms with Crippen LogP contribution < -0.4 is 10.5 Å². The van der Waals surface area contributed by atoms with Gasteiger partial charge >= 0.3 is 0 Å². The highest BCUT2D eigenvalue weighted by Crippen LogP contribution is 2.48. The number of nitrogens with two attached hydrogens (primary N) is 1. The summed E-state index contributed by atoms with van der Waals surface area (Å²) in [5.74, 6) is 2.30. The van der Waals surface area contributed by atoms with Gasteiger partial charge in [-0.2, -0.15) is 0 Å². The third kappa shape index (κ3) is 0.923. The van der Waals surface area contributed by atoms with E-state index in [0.717, 1.165) is 18.8 Å². The molecule has 0 amide bonds. The fourth-order valence-corrected chi connectivity index (χ4v) is 2.45. The van der Waals surface area contributed by atoms with Crippen LogP contribution in [0.3, 0.4) is 0 Å². The van der Waals surface area contributed by atoms with Gasteiger partial charge in [-0.05, 0) is 24.0 Å². The molecule has 1 fully saturated rings. The Balaban J connectivity index is 2.01. The number of para-hydroxylation sites is 1. The van der Waals surface area contributed by atoms with Gasteiger partial charge in [-0.1, -0.05) is 18.2 Å². The van der Waals surface area contributed by atoms with Gasteiger partial charge in [0.2, 0.25) is 0 Å². The number of benzene rings is 1. The maximum atomic E-state index is 5.91. The van der Waals surface area contributed by atoms with Crippen molar-refractivity contribution >= 4 is 0 Å². The molecule has 1 aliphatic heterocycles. The van der Waals surface area contributed by atoms with Crippen molar-refractivity contribution in [3.8, 4) is 5.75 Å². The molecule has 0 spiro atoms. The molecule has 68 valence electrons. The Bertz CT molecular complexity index is 337. The van der Waals surface area contributed by atoms with Gasteiger partial charge in [0.25, 0.3) is 0 Å². The predicted octanol–water partition coefficient (Wildman–Crippen LogP) is 1.51. The van der Waals surface area contributed by atoms with Crippen LogP contribution in [0.5, 0.6) is 5.75 Å². The molecule has 2 nitrogen and oxygen atoms in total. The first-order valence-electron chi connectivity index (χ1n) is 4.83. The molecule has 1 aromatic carbocycles. The Morgan fingerprint density at radius 2 is 2.15 bits per heavy atom. The van der Waals surface area contributed by atoms with E-state index in [0.29, 0.717) is 17.9 Å². The van der Waals surface area contributed by atoms with E-state index in [-0.39, 0.29) is 0 Å². The summed E-state index contributed by atoms with van der Waals surface area (Å²) in [4.78, 5) is 0. The summed E-state index contributed by atoms with van der Waals surface area (Å²) in [5, 5.41) is 0. The smallest absolute Gasteiger partial charge is 0.122 e. The van der Waals surface area contributed by atoms with Crippen molar-refractivity contribution in [1.82, 2.24) is 0 Å². The van der Waals surface area contributed by atoms with Crippen molar-refractivity contribution in [3.05, 3.63) is 29.8 Å². The molecule has 2 heteroatoms. The van der Waals surface area contributed by atoms with Crippen molar-refractivity contribution in [2.24, 2.45) is 11.7 Å². The zero-order chi connectivity index (χ0) is 8.84. The molecule has 0 aromatic heterocycles. The zero-order valence-electron chi connectivity index (χ0n) is 7.44. The normalized spacial score (nSPS) is 35.3. The highest BCUT2D eigenvalue weighted by molar-refractivity contribution is 5.40. The molecule has 2 N–H and O–H groups in total. The van der Waals surface area contributed by atoms with E-state index in [1.54, 1.807) is 0 Å². The van der Waals surface area contributed by atoms with Gasteiger partial charge in [0, 0.05) is 12.0 Å². The second-order valence-corrected chi connectivity index (χ2v) is 4.02. The van der Waals surface area contributed by atoms with Crippen LogP contribution in [0, 0.1) is 5.92 Å². The molecule has 13 heavy (non-hydrogen) atoms. The lowest BCUT2D eigenvalue weighted by molar-refractivity contribution is 0.0960. The third-order valence-corrected chi connectivity index (χ3v) is 3.34. The standard InChI is InChI=1S/C11H13NO/c12-10-5-8-7-3-1-2-4-11(7)13-6-9(8)10/h1-4,8-10H,5-6,12H2. The van der Waals surface area contributed by atoms with Crippen LogP contribution >= 0.6 is 0 Å². The minimum absolute atomic E-state index is 0.360. The summed E-state index contributed by atoms with van der Waals surface area (Å²) in [7, 11) is 0. The SMILES string of the molecule is NC1CC2c3ccccc3OCC12. The van der Waals surface area contributed by atoms with Crippen LogP contribution in [-0.2, 0) is 0 Å². The second-order valence-electron chi connectivity index (χ2n) is 4.02. The van der Waals surface area contributed by atoms with Gasteiger partial charge in [0.1, 0.15) is 5.75 Å². The molecule has 0 radical (unpaired) electrons. The molecule has 0 saturated heterocycles. The molecule has 1 saturated carbocycles. The molecular formula is C11H13NO. The first kappa shape index (κ1) is 7.39. The van der Waals surface area contributed by atoms with Crippen molar-refractivity contribution in [1.29, 1.82) is 0 Å². The summed E-state index contributed by atoms with van der Waals surface area (Å²) in [6, 6.07) is 8.68. The molecule has 3 unspecified atom stereocenters. The van der Waals surface area contributed by atoms with Gasteiger partial charge in [-0.3, -0.25) is 0 Å². The Labute approximate surface area is 77.7 Å². The molecule has 1 heterocycles. The minimum Gasteiger partial charge on any atom is -0.493 e. The van der Waals surface area contributed by atoms with Crippen LogP contribution in [0.1, 0.15) is 17.9 Å². The van der Waals surface area contributed by atoms with E-state index >= 15 is 0 Å². The van der Waals surface area contributed by atoms with Crippen LogP contribution in [0.4, 0.5) is 0 Å². The van der Waals surface area contributed by atoms with Gasteiger partial charge in [0.15, 0.2) is 0 Å². The molecule has 3 rings (SSSR count). The first-order chi connectivity index (χ1) is 6.36. The largest absolute Gasteiger partial charge is 0.493 e. The van der Waals surface area contributed by atoms with Crippen LogP contribution in [0.15, 0.2) is 24.3 Å². The second kappa shape index (κ2) is 2.48. The summed E-state index contributed by atoms with van der Waals surface area (Å²) in [6.45, 7) is 0.808. The fourth-order valence-electron chi connectivity index (χ4n) is 2.45. The number of fused-ring (bicyclic) bond motifs is 3. The highest BCUT2D eigenvalue weighted by atomic mass is 16.5. The molecule has 1 aromatic rings. The topological polar surface area (TPSA) is 35.2 Å². The van der Waals surface area contributed by atoms with E-state index in [9.17, 15) is 0 Å². The number of hydrogen-bond donors (Lipinski definition) is 1. The van der Waals surface area contributed by atoms with Crippen LogP contribution in [-0.4, -0.2) is 12.6 Å².